The molecule has 476 valence electrons. The van der Waals surface area contributed by atoms with Gasteiger partial charge in [0.1, 0.15) is 104 Å². The predicted molar refractivity (Wildman–Crippen MR) is 280 cm³/mol. The Balaban J connectivity index is 1.01. The summed E-state index contributed by atoms with van der Waals surface area (Å²) in [5.41, 5.74) is -2.76. The van der Waals surface area contributed by atoms with Crippen molar-refractivity contribution in [3.8, 4) is 0 Å². The smallest absolute Gasteiger partial charge is 0.315 e. The predicted octanol–water partition coefficient (Wildman–Crippen LogP) is -3.13. The van der Waals surface area contributed by atoms with E-state index in [1.807, 2.05) is 0 Å². The SMILES string of the molecule is C[C@H](O)COC(=O)[C@@]1(C)[C@@H]2CC[C@]3(C)[C@H](CC=C4[C@@H]5CC(C)(C)CC[C@]5(C(=O)O[C@@H]5O[C@H](CO[C@@H]6O[C@H](CO)[C@@H](O)[C@H](O)[C@H]6O[C@@H]6O[C@H](CO)[C@@H](O)[C@H](O)[C@H]6O)[C@@H](O)[C@H](O[C@@H]6O[C@H](CO)[C@@H](O)[C@H](O)[C@H]6O)[C@H]5O)CC[C@]43C)[C@@]2(C)CC[C@@H]1O. The van der Waals surface area contributed by atoms with Crippen LogP contribution < -0.4 is 0 Å². The number of carbonyl (C=O) groups is 2. The minimum absolute atomic E-state index is 0.0587. The standard InChI is InChI=1S/C57H92O26/c1-24(61)22-76-50(73)56(7)32-10-13-55(6)31(53(32,4)12-11-33(56)62)9-8-25-26-18-52(2,3)14-16-57(26,17-15-54(25,55)5)51(74)83-48-43(72)44(81-46-41(70)38(67)34(63)27(19-58)77-46)37(66)30(80-48)23-75-49-45(40(69)36(65)29(21-60)79-49)82-47-42(71)39(68)35(64)28(20-59)78-47/h8,24,26-49,58-72H,9-23H2,1-7H3/t24-,26-,27+,28+,29+,30+,31+,32+,33-,34+,35+,36+,37+,38-,39-,40-,41+,42+,43+,44-,45+,46-,47-,48-,49+,53+,54+,55+,56-,57-/m0/s1. The Morgan fingerprint density at radius 2 is 1.12 bits per heavy atom. The highest BCUT2D eigenvalue weighted by molar-refractivity contribution is 5.79. The second-order valence-corrected chi connectivity index (χ2v) is 27.2. The third-order valence-corrected chi connectivity index (χ3v) is 22.0. The van der Waals surface area contributed by atoms with E-state index < -0.39 is 195 Å². The van der Waals surface area contributed by atoms with Gasteiger partial charge < -0.3 is 119 Å². The fourth-order valence-corrected chi connectivity index (χ4v) is 16.6. The molecule has 4 aliphatic heterocycles. The van der Waals surface area contributed by atoms with Crippen molar-refractivity contribution in [2.45, 2.75) is 248 Å². The first-order valence-corrected chi connectivity index (χ1v) is 29.5. The molecule has 0 bridgehead atoms. The molecule has 15 N–H and O–H groups in total. The Morgan fingerprint density at radius 1 is 0.578 bits per heavy atom. The first-order valence-electron chi connectivity index (χ1n) is 29.5. The quantitative estimate of drug-likeness (QED) is 0.0569. The molecule has 8 fully saturated rings. The zero-order chi connectivity index (χ0) is 60.8. The van der Waals surface area contributed by atoms with E-state index in [1.165, 1.54) is 6.92 Å². The number of allylic oxidation sites excluding steroid dienone is 2. The Bertz CT molecular complexity index is 2310. The lowest BCUT2D eigenvalue weighted by Crippen LogP contribution is -2.67. The normalized spacial score (nSPS) is 51.9. The molecule has 4 saturated carbocycles. The summed E-state index contributed by atoms with van der Waals surface area (Å²) >= 11 is 0. The van der Waals surface area contributed by atoms with Crippen molar-refractivity contribution < 1.29 is 129 Å². The maximum absolute atomic E-state index is 15.6. The van der Waals surface area contributed by atoms with Crippen molar-refractivity contribution >= 4 is 11.9 Å². The first-order chi connectivity index (χ1) is 38.9. The molecule has 4 heterocycles. The van der Waals surface area contributed by atoms with E-state index in [0.29, 0.717) is 64.2 Å². The van der Waals surface area contributed by atoms with Gasteiger partial charge in [-0.3, -0.25) is 9.59 Å². The van der Waals surface area contributed by atoms with Gasteiger partial charge in [-0.25, -0.2) is 0 Å². The van der Waals surface area contributed by atoms with E-state index in [0.717, 1.165) is 5.57 Å². The lowest BCUT2D eigenvalue weighted by Gasteiger charge is -2.71. The van der Waals surface area contributed by atoms with Gasteiger partial charge in [-0.05, 0) is 117 Å². The highest BCUT2D eigenvalue weighted by atomic mass is 16.8. The van der Waals surface area contributed by atoms with Crippen LogP contribution in [0.4, 0.5) is 0 Å². The maximum Gasteiger partial charge on any atom is 0.315 e. The molecule has 0 spiro atoms. The van der Waals surface area contributed by atoms with Crippen molar-refractivity contribution in [2.24, 2.45) is 50.2 Å². The van der Waals surface area contributed by atoms with Crippen LogP contribution in [-0.4, -0.2) is 257 Å². The molecule has 0 radical (unpaired) electrons. The van der Waals surface area contributed by atoms with Gasteiger partial charge >= 0.3 is 11.9 Å². The molecule has 4 saturated heterocycles. The van der Waals surface area contributed by atoms with E-state index in [9.17, 15) is 81.4 Å². The van der Waals surface area contributed by atoms with Crippen LogP contribution in [0.25, 0.3) is 0 Å². The van der Waals surface area contributed by atoms with Crippen molar-refractivity contribution in [1.29, 1.82) is 0 Å². The Morgan fingerprint density at radius 3 is 1.70 bits per heavy atom. The summed E-state index contributed by atoms with van der Waals surface area (Å²) in [6.07, 6.45) is -31.2. The van der Waals surface area contributed by atoms with E-state index in [4.69, 9.17) is 42.6 Å². The summed E-state index contributed by atoms with van der Waals surface area (Å²) in [5.74, 6) is -1.81. The Labute approximate surface area is 482 Å². The zero-order valence-corrected chi connectivity index (χ0v) is 48.3. The average Bonchev–Trinajstić information content (AvgIpc) is 0.752. The fourth-order valence-electron chi connectivity index (χ4n) is 16.6. The summed E-state index contributed by atoms with van der Waals surface area (Å²) in [5, 5.41) is 162. The maximum atomic E-state index is 15.6. The van der Waals surface area contributed by atoms with E-state index in [2.05, 4.69) is 40.7 Å². The summed E-state index contributed by atoms with van der Waals surface area (Å²) in [4.78, 5) is 29.6. The topological polar surface area (TPSA) is 421 Å². The third kappa shape index (κ3) is 11.1. The number of hydrogen-bond acceptors (Lipinski definition) is 26. The van der Waals surface area contributed by atoms with E-state index in [1.54, 1.807) is 6.92 Å². The molecule has 0 aromatic rings. The third-order valence-electron chi connectivity index (χ3n) is 22.0. The highest BCUT2D eigenvalue weighted by Crippen LogP contribution is 2.76. The summed E-state index contributed by atoms with van der Waals surface area (Å²) in [7, 11) is 0. The van der Waals surface area contributed by atoms with Gasteiger partial charge in [-0.2, -0.15) is 0 Å². The van der Waals surface area contributed by atoms with Gasteiger partial charge in [0.05, 0.1) is 49.5 Å². The Kier molecular flexibility index (Phi) is 19.1. The van der Waals surface area contributed by atoms with Gasteiger partial charge in [0.15, 0.2) is 18.9 Å². The second-order valence-electron chi connectivity index (χ2n) is 27.2. The highest BCUT2D eigenvalue weighted by Gasteiger charge is 2.71. The molecule has 9 aliphatic rings. The zero-order valence-electron chi connectivity index (χ0n) is 48.3. The molecule has 83 heavy (non-hydrogen) atoms. The Hall–Kier alpha value is -2.20. The average molecular weight is 1190 g/mol. The number of rotatable bonds is 15. The molecule has 26 heteroatoms. The van der Waals surface area contributed by atoms with Crippen LogP contribution in [0.3, 0.4) is 0 Å². The summed E-state index contributed by atoms with van der Waals surface area (Å²) in [6.45, 7) is 10.9. The summed E-state index contributed by atoms with van der Waals surface area (Å²) in [6, 6.07) is 0. The lowest BCUT2D eigenvalue weighted by atomic mass is 9.33. The molecule has 0 aromatic carbocycles. The monoisotopic (exact) mass is 1190 g/mol. The molecule has 0 aromatic heterocycles. The van der Waals surface area contributed by atoms with Gasteiger partial charge in [-0.15, -0.1) is 0 Å². The van der Waals surface area contributed by atoms with Gasteiger partial charge in [0.2, 0.25) is 6.29 Å². The number of carbonyl (C=O) groups excluding carboxylic acids is 2. The van der Waals surface area contributed by atoms with Crippen LogP contribution in [-0.2, 0) is 52.2 Å². The fraction of sp³-hybridized carbons (Fsp3) is 0.930. The largest absolute Gasteiger partial charge is 0.462 e. The van der Waals surface area contributed by atoms with Crippen molar-refractivity contribution in [1.82, 2.24) is 0 Å². The van der Waals surface area contributed by atoms with Gasteiger partial charge in [0, 0.05) is 0 Å². The van der Waals surface area contributed by atoms with Crippen LogP contribution in [0.5, 0.6) is 0 Å². The minimum Gasteiger partial charge on any atom is -0.462 e. The lowest BCUT2D eigenvalue weighted by molar-refractivity contribution is -0.377. The molecule has 5 aliphatic carbocycles. The van der Waals surface area contributed by atoms with Crippen LogP contribution in [0.2, 0.25) is 0 Å². The van der Waals surface area contributed by atoms with E-state index >= 15 is 4.79 Å². The first kappa shape index (κ1) is 65.3. The van der Waals surface area contributed by atoms with Gasteiger partial charge in [-0.1, -0.05) is 46.3 Å². The molecular formula is C57H92O26. The molecule has 26 nitrogen and oxygen atoms in total. The minimum atomic E-state index is -2.08. The number of fused-ring (bicyclic) bond motifs is 7. The number of hydrogen-bond donors (Lipinski definition) is 15. The van der Waals surface area contributed by atoms with Gasteiger partial charge in [0.25, 0.3) is 0 Å². The number of aliphatic hydroxyl groups is 15. The number of aliphatic hydroxyl groups excluding tert-OH is 15. The van der Waals surface area contributed by atoms with Crippen LogP contribution in [0, 0.1) is 50.2 Å². The summed E-state index contributed by atoms with van der Waals surface area (Å²) < 4.78 is 53.0. The molecule has 0 amide bonds. The number of ether oxygens (including phenoxy) is 9. The molecule has 0 unspecified atom stereocenters. The molecular weight excluding hydrogens is 1100 g/mol. The molecule has 9 rings (SSSR count). The van der Waals surface area contributed by atoms with Crippen molar-refractivity contribution in [3.63, 3.8) is 0 Å². The van der Waals surface area contributed by atoms with Crippen molar-refractivity contribution in [2.75, 3.05) is 33.0 Å². The van der Waals surface area contributed by atoms with Crippen LogP contribution in [0.1, 0.15) is 113 Å². The van der Waals surface area contributed by atoms with Crippen molar-refractivity contribution in [3.05, 3.63) is 11.6 Å². The molecule has 30 atom stereocenters. The van der Waals surface area contributed by atoms with Crippen LogP contribution in [0.15, 0.2) is 11.6 Å². The van der Waals surface area contributed by atoms with E-state index in [-0.39, 0.29) is 35.2 Å². The number of esters is 2. The van der Waals surface area contributed by atoms with Crippen LogP contribution >= 0.6 is 0 Å². The second kappa shape index (κ2) is 24.3.